The van der Waals surface area contributed by atoms with Crippen molar-refractivity contribution in [2.75, 3.05) is 5.75 Å². The molecule has 6 nitrogen and oxygen atoms in total. The topological polar surface area (TPSA) is 89.5 Å². The van der Waals surface area contributed by atoms with E-state index in [1.54, 1.807) is 32.9 Å². The molecule has 1 aromatic rings. The van der Waals surface area contributed by atoms with Crippen LogP contribution >= 0.6 is 0 Å². The average Bonchev–Trinajstić information content (AvgIpc) is 2.44. The van der Waals surface area contributed by atoms with Gasteiger partial charge in [-0.1, -0.05) is 31.5 Å². The van der Waals surface area contributed by atoms with Gasteiger partial charge >= 0.3 is 6.09 Å². The lowest BCUT2D eigenvalue weighted by molar-refractivity contribution is -0.119. The molecule has 0 aromatic heterocycles. The Kier molecular flexibility index (Phi) is 7.38. The predicted molar refractivity (Wildman–Crippen MR) is 101 cm³/mol. The molecule has 1 N–H and O–H groups in total. The molecule has 1 rings (SSSR count). The van der Waals surface area contributed by atoms with Gasteiger partial charge in [0.15, 0.2) is 15.6 Å². The Hall–Kier alpha value is -1.89. The minimum absolute atomic E-state index is 0.0945. The molecule has 146 valence electrons. The van der Waals surface area contributed by atoms with Crippen LogP contribution < -0.4 is 5.32 Å². The van der Waals surface area contributed by atoms with E-state index in [4.69, 9.17) is 4.74 Å². The maximum atomic E-state index is 12.6. The quantitative estimate of drug-likeness (QED) is 0.780. The van der Waals surface area contributed by atoms with Crippen molar-refractivity contribution in [3.8, 4) is 0 Å². The van der Waals surface area contributed by atoms with Crippen molar-refractivity contribution in [1.82, 2.24) is 5.32 Å². The highest BCUT2D eigenvalue weighted by Crippen LogP contribution is 2.15. The summed E-state index contributed by atoms with van der Waals surface area (Å²) in [5, 5.41) is 2.51. The van der Waals surface area contributed by atoms with Gasteiger partial charge in [-0.15, -0.1) is 0 Å². The third-order valence-electron chi connectivity index (χ3n) is 3.50. The number of hydrogen-bond donors (Lipinski definition) is 1. The van der Waals surface area contributed by atoms with Crippen LogP contribution in [0.1, 0.15) is 46.6 Å². The van der Waals surface area contributed by atoms with Crippen molar-refractivity contribution in [2.24, 2.45) is 5.92 Å². The Morgan fingerprint density at radius 3 is 2.12 bits per heavy atom. The Morgan fingerprint density at radius 1 is 1.12 bits per heavy atom. The molecule has 0 heterocycles. The first kappa shape index (κ1) is 22.2. The predicted octanol–water partition coefficient (Wildman–Crippen LogP) is 3.28. The summed E-state index contributed by atoms with van der Waals surface area (Å²) in [6.45, 7) is 10.8. The van der Waals surface area contributed by atoms with Crippen LogP contribution in [0.15, 0.2) is 29.2 Å². The van der Waals surface area contributed by atoms with Crippen molar-refractivity contribution in [1.29, 1.82) is 0 Å². The number of alkyl carbamates (subject to hydrolysis) is 1. The molecule has 0 aliphatic rings. The standard InChI is InChI=1S/C19H29NO5S/c1-13(2)11-16(20-18(22)25-19(4,5)6)17(21)12-26(23,24)15-9-7-14(3)8-10-15/h7-10,13,16H,11-12H2,1-6H3,(H,20,22)/t16-/m0/s1. The number of amides is 1. The fourth-order valence-corrected chi connectivity index (χ4v) is 3.60. The van der Waals surface area contributed by atoms with E-state index in [1.807, 2.05) is 20.8 Å². The van der Waals surface area contributed by atoms with Gasteiger partial charge in [-0.25, -0.2) is 13.2 Å². The summed E-state index contributed by atoms with van der Waals surface area (Å²) in [6, 6.07) is 5.42. The molecular formula is C19H29NO5S. The van der Waals surface area contributed by atoms with E-state index in [2.05, 4.69) is 5.32 Å². The highest BCUT2D eigenvalue weighted by atomic mass is 32.2. The molecule has 0 radical (unpaired) electrons. The number of aryl methyl sites for hydroxylation is 1. The van der Waals surface area contributed by atoms with Gasteiger partial charge in [0.2, 0.25) is 0 Å². The largest absolute Gasteiger partial charge is 0.444 e. The van der Waals surface area contributed by atoms with E-state index in [0.717, 1.165) is 5.56 Å². The van der Waals surface area contributed by atoms with Crippen LogP contribution in [0.25, 0.3) is 0 Å². The maximum absolute atomic E-state index is 12.6. The van der Waals surface area contributed by atoms with E-state index in [1.165, 1.54) is 12.1 Å². The van der Waals surface area contributed by atoms with Gasteiger partial charge in [0.1, 0.15) is 11.4 Å². The summed E-state index contributed by atoms with van der Waals surface area (Å²) < 4.78 is 30.2. The first-order valence-electron chi connectivity index (χ1n) is 8.62. The monoisotopic (exact) mass is 383 g/mol. The highest BCUT2D eigenvalue weighted by molar-refractivity contribution is 7.92. The third-order valence-corrected chi connectivity index (χ3v) is 5.15. The summed E-state index contributed by atoms with van der Waals surface area (Å²) in [4.78, 5) is 24.7. The molecule has 0 fully saturated rings. The Morgan fingerprint density at radius 2 is 1.65 bits per heavy atom. The van der Waals surface area contributed by atoms with Crippen LogP contribution in [0.4, 0.5) is 4.79 Å². The first-order chi connectivity index (χ1) is 11.8. The van der Waals surface area contributed by atoms with Gasteiger partial charge in [-0.05, 0) is 52.2 Å². The summed E-state index contributed by atoms with van der Waals surface area (Å²) >= 11 is 0. The molecule has 0 aliphatic carbocycles. The molecule has 0 aliphatic heterocycles. The summed E-state index contributed by atoms with van der Waals surface area (Å²) in [7, 11) is -3.77. The highest BCUT2D eigenvalue weighted by Gasteiger charge is 2.29. The van der Waals surface area contributed by atoms with Crippen LogP contribution in [-0.2, 0) is 19.4 Å². The van der Waals surface area contributed by atoms with Gasteiger partial charge in [-0.2, -0.15) is 0 Å². The molecule has 1 atom stereocenters. The summed E-state index contributed by atoms with van der Waals surface area (Å²) in [5.41, 5.74) is 0.225. The zero-order valence-corrected chi connectivity index (χ0v) is 17.1. The van der Waals surface area contributed by atoms with Crippen LogP contribution in [0, 0.1) is 12.8 Å². The van der Waals surface area contributed by atoms with Gasteiger partial charge in [-0.3, -0.25) is 4.79 Å². The minimum Gasteiger partial charge on any atom is -0.444 e. The number of carbonyl (C=O) groups is 2. The lowest BCUT2D eigenvalue weighted by Gasteiger charge is -2.24. The molecule has 0 bridgehead atoms. The molecule has 0 spiro atoms. The van der Waals surface area contributed by atoms with Crippen molar-refractivity contribution >= 4 is 21.7 Å². The molecular weight excluding hydrogens is 354 g/mol. The van der Waals surface area contributed by atoms with Crippen LogP contribution in [-0.4, -0.2) is 37.7 Å². The number of benzene rings is 1. The average molecular weight is 384 g/mol. The fourth-order valence-electron chi connectivity index (χ4n) is 2.31. The zero-order valence-electron chi connectivity index (χ0n) is 16.3. The number of ether oxygens (including phenoxy) is 1. The van der Waals surface area contributed by atoms with E-state index >= 15 is 0 Å². The number of rotatable bonds is 7. The number of nitrogens with one attached hydrogen (secondary N) is 1. The van der Waals surface area contributed by atoms with Gasteiger partial charge in [0.25, 0.3) is 0 Å². The number of sulfone groups is 1. The zero-order chi connectivity index (χ0) is 20.1. The summed E-state index contributed by atoms with van der Waals surface area (Å²) in [6.07, 6.45) is -0.397. The van der Waals surface area contributed by atoms with Crippen LogP contribution in [0.5, 0.6) is 0 Å². The molecule has 0 saturated heterocycles. The molecule has 7 heteroatoms. The third kappa shape index (κ3) is 7.56. The lowest BCUT2D eigenvalue weighted by atomic mass is 10.0. The number of ketones is 1. The van der Waals surface area contributed by atoms with Gasteiger partial charge < -0.3 is 10.1 Å². The maximum Gasteiger partial charge on any atom is 0.408 e. The van der Waals surface area contributed by atoms with Crippen molar-refractivity contribution < 1.29 is 22.7 Å². The number of hydrogen-bond acceptors (Lipinski definition) is 5. The smallest absolute Gasteiger partial charge is 0.408 e. The normalized spacial score (nSPS) is 13.3. The summed E-state index contributed by atoms with van der Waals surface area (Å²) in [5.74, 6) is -1.12. The first-order valence-corrected chi connectivity index (χ1v) is 10.3. The lowest BCUT2D eigenvalue weighted by Crippen LogP contribution is -2.46. The van der Waals surface area contributed by atoms with Gasteiger partial charge in [0.05, 0.1) is 10.9 Å². The Bertz CT molecular complexity index is 730. The van der Waals surface area contributed by atoms with E-state index in [0.29, 0.717) is 6.42 Å². The van der Waals surface area contributed by atoms with Crippen molar-refractivity contribution in [3.63, 3.8) is 0 Å². The molecule has 26 heavy (non-hydrogen) atoms. The van der Waals surface area contributed by atoms with Crippen molar-refractivity contribution in [3.05, 3.63) is 29.8 Å². The minimum atomic E-state index is -3.77. The fraction of sp³-hybridized carbons (Fsp3) is 0.579. The SMILES string of the molecule is Cc1ccc(S(=O)(=O)CC(=O)[C@H](CC(C)C)NC(=O)OC(C)(C)C)cc1. The van der Waals surface area contributed by atoms with Crippen LogP contribution in [0.2, 0.25) is 0 Å². The number of carbonyl (C=O) groups excluding carboxylic acids is 2. The van der Waals surface area contributed by atoms with E-state index < -0.39 is 39.1 Å². The molecule has 1 aromatic carbocycles. The second-order valence-corrected chi connectivity index (χ2v) is 9.86. The molecule has 0 saturated carbocycles. The Labute approximate surface area is 156 Å². The van der Waals surface area contributed by atoms with Crippen molar-refractivity contribution in [2.45, 2.75) is 64.5 Å². The number of Topliss-reactive ketones (excluding diaryl/α,β-unsaturated/α-hetero) is 1. The van der Waals surface area contributed by atoms with E-state index in [-0.39, 0.29) is 10.8 Å². The molecule has 1 amide bonds. The second-order valence-electron chi connectivity index (χ2n) is 7.87. The van der Waals surface area contributed by atoms with E-state index in [9.17, 15) is 18.0 Å². The van der Waals surface area contributed by atoms with Gasteiger partial charge in [0, 0.05) is 0 Å². The second kappa shape index (κ2) is 8.66. The Balaban J connectivity index is 2.91. The van der Waals surface area contributed by atoms with Crippen LogP contribution in [0.3, 0.4) is 0 Å². The molecule has 0 unspecified atom stereocenters.